The number of ether oxygens (including phenoxy) is 2. The molecule has 2 heterocycles. The van der Waals surface area contributed by atoms with E-state index in [-0.39, 0.29) is 0 Å². The molecule has 0 amide bonds. The summed E-state index contributed by atoms with van der Waals surface area (Å²) in [6, 6.07) is 0.522. The summed E-state index contributed by atoms with van der Waals surface area (Å²) in [4.78, 5) is 2.51. The molecular weight excluding hydrogens is 216 g/mol. The van der Waals surface area contributed by atoms with Gasteiger partial charge in [0.2, 0.25) is 0 Å². The van der Waals surface area contributed by atoms with Crippen LogP contribution in [0.25, 0.3) is 0 Å². The largest absolute Gasteiger partial charge is 0.379 e. The third-order valence-electron chi connectivity index (χ3n) is 3.99. The predicted octanol–water partition coefficient (Wildman–Crippen LogP) is 0.722. The number of nitrogens with zero attached hydrogens (tertiary/aromatic N) is 1. The van der Waals surface area contributed by atoms with Crippen LogP contribution in [0.5, 0.6) is 0 Å². The molecule has 4 heteroatoms. The first-order chi connectivity index (χ1) is 8.33. The maximum atomic E-state index is 5.71. The van der Waals surface area contributed by atoms with Crippen LogP contribution in [0.1, 0.15) is 19.8 Å². The van der Waals surface area contributed by atoms with Gasteiger partial charge < -0.3 is 19.7 Å². The third-order valence-corrected chi connectivity index (χ3v) is 3.99. The maximum absolute atomic E-state index is 5.71. The average Bonchev–Trinajstić information content (AvgIpc) is 2.99. The topological polar surface area (TPSA) is 33.7 Å². The van der Waals surface area contributed by atoms with E-state index in [1.54, 1.807) is 0 Å². The molecule has 0 aromatic rings. The molecule has 0 aromatic carbocycles. The summed E-state index contributed by atoms with van der Waals surface area (Å²) in [5.41, 5.74) is 0. The Labute approximate surface area is 105 Å². The van der Waals surface area contributed by atoms with Crippen LogP contribution in [0.2, 0.25) is 0 Å². The Bertz CT molecular complexity index is 219. The molecule has 0 bridgehead atoms. The summed E-state index contributed by atoms with van der Waals surface area (Å²) in [5, 5.41) is 3.35. The Morgan fingerprint density at radius 2 is 2.18 bits per heavy atom. The van der Waals surface area contributed by atoms with Crippen LogP contribution in [0, 0.1) is 5.92 Å². The molecule has 2 aliphatic heterocycles. The monoisotopic (exact) mass is 242 g/mol. The van der Waals surface area contributed by atoms with E-state index in [1.165, 1.54) is 12.8 Å². The summed E-state index contributed by atoms with van der Waals surface area (Å²) >= 11 is 0. The highest BCUT2D eigenvalue weighted by Gasteiger charge is 2.29. The number of rotatable bonds is 6. The van der Waals surface area contributed by atoms with Gasteiger partial charge in [-0.15, -0.1) is 0 Å². The van der Waals surface area contributed by atoms with E-state index in [9.17, 15) is 0 Å². The molecule has 3 atom stereocenters. The standard InChI is InChI=1S/C13H26N2O2/c1-3-15(8-12-5-4-6-17-12)7-11-9-16-10-13(11)14-2/h11-14H,3-10H2,1-2H3. The molecule has 4 nitrogen and oxygen atoms in total. The highest BCUT2D eigenvalue weighted by atomic mass is 16.5. The Kier molecular flexibility index (Phi) is 5.22. The summed E-state index contributed by atoms with van der Waals surface area (Å²) < 4.78 is 11.3. The van der Waals surface area contributed by atoms with Crippen LogP contribution in [-0.4, -0.2) is 63.5 Å². The molecule has 2 aliphatic rings. The van der Waals surface area contributed by atoms with E-state index >= 15 is 0 Å². The van der Waals surface area contributed by atoms with Crippen molar-refractivity contribution in [2.24, 2.45) is 5.92 Å². The van der Waals surface area contributed by atoms with Crippen molar-refractivity contribution in [2.75, 3.05) is 46.5 Å². The van der Waals surface area contributed by atoms with Gasteiger partial charge in [-0.1, -0.05) is 6.92 Å². The normalized spacial score (nSPS) is 33.7. The van der Waals surface area contributed by atoms with E-state index in [0.717, 1.165) is 39.5 Å². The molecule has 2 saturated heterocycles. The van der Waals surface area contributed by atoms with Gasteiger partial charge in [0.05, 0.1) is 19.3 Å². The third kappa shape index (κ3) is 3.65. The van der Waals surface area contributed by atoms with Crippen LogP contribution in [0.15, 0.2) is 0 Å². The first-order valence-corrected chi connectivity index (χ1v) is 6.92. The second-order valence-corrected chi connectivity index (χ2v) is 5.18. The van der Waals surface area contributed by atoms with Crippen molar-refractivity contribution in [3.8, 4) is 0 Å². The number of hydrogen-bond acceptors (Lipinski definition) is 4. The molecular formula is C13H26N2O2. The van der Waals surface area contributed by atoms with E-state index in [2.05, 4.69) is 17.1 Å². The van der Waals surface area contributed by atoms with E-state index < -0.39 is 0 Å². The quantitative estimate of drug-likeness (QED) is 0.744. The van der Waals surface area contributed by atoms with Crippen LogP contribution < -0.4 is 5.32 Å². The highest BCUT2D eigenvalue weighted by molar-refractivity contribution is 4.83. The van der Waals surface area contributed by atoms with Gasteiger partial charge in [-0.25, -0.2) is 0 Å². The molecule has 1 N–H and O–H groups in total. The Morgan fingerprint density at radius 1 is 1.29 bits per heavy atom. The molecule has 0 aliphatic carbocycles. The highest BCUT2D eigenvalue weighted by Crippen LogP contribution is 2.18. The van der Waals surface area contributed by atoms with Gasteiger partial charge in [-0.3, -0.25) is 0 Å². The SMILES string of the molecule is CCN(CC1CCCO1)CC1COCC1NC. The van der Waals surface area contributed by atoms with Crippen LogP contribution in [0.4, 0.5) is 0 Å². The van der Waals surface area contributed by atoms with Crippen LogP contribution in [0.3, 0.4) is 0 Å². The fourth-order valence-electron chi connectivity index (χ4n) is 2.84. The molecule has 2 fully saturated rings. The fourth-order valence-corrected chi connectivity index (χ4v) is 2.84. The summed E-state index contributed by atoms with van der Waals surface area (Å²) in [7, 11) is 2.03. The van der Waals surface area contributed by atoms with Crippen LogP contribution in [-0.2, 0) is 9.47 Å². The average molecular weight is 242 g/mol. The van der Waals surface area contributed by atoms with Gasteiger partial charge in [0.1, 0.15) is 0 Å². The van der Waals surface area contributed by atoms with Crippen molar-refractivity contribution >= 4 is 0 Å². The molecule has 0 saturated carbocycles. The smallest absolute Gasteiger partial charge is 0.0702 e. The second-order valence-electron chi connectivity index (χ2n) is 5.18. The van der Waals surface area contributed by atoms with Gasteiger partial charge in [0.25, 0.3) is 0 Å². The predicted molar refractivity (Wildman–Crippen MR) is 68.2 cm³/mol. The van der Waals surface area contributed by atoms with Gasteiger partial charge in [0, 0.05) is 31.7 Å². The van der Waals surface area contributed by atoms with Gasteiger partial charge in [-0.2, -0.15) is 0 Å². The Hall–Kier alpha value is -0.160. The molecule has 100 valence electrons. The first kappa shape index (κ1) is 13.3. The Morgan fingerprint density at radius 3 is 2.82 bits per heavy atom. The first-order valence-electron chi connectivity index (χ1n) is 6.92. The Balaban J connectivity index is 1.77. The van der Waals surface area contributed by atoms with Crippen molar-refractivity contribution in [1.82, 2.24) is 10.2 Å². The molecule has 3 unspecified atom stereocenters. The summed E-state index contributed by atoms with van der Waals surface area (Å²) in [6.07, 6.45) is 2.92. The number of nitrogens with one attached hydrogen (secondary N) is 1. The minimum absolute atomic E-state index is 0.463. The van der Waals surface area contributed by atoms with Crippen molar-refractivity contribution in [1.29, 1.82) is 0 Å². The lowest BCUT2D eigenvalue weighted by Gasteiger charge is -2.28. The van der Waals surface area contributed by atoms with Crippen LogP contribution >= 0.6 is 0 Å². The van der Waals surface area contributed by atoms with Gasteiger partial charge >= 0.3 is 0 Å². The number of likely N-dealkylation sites (N-methyl/N-ethyl adjacent to an activating group) is 2. The zero-order chi connectivity index (χ0) is 12.1. The number of hydrogen-bond donors (Lipinski definition) is 1. The van der Waals surface area contributed by atoms with Crippen molar-refractivity contribution in [2.45, 2.75) is 31.9 Å². The van der Waals surface area contributed by atoms with Gasteiger partial charge in [0.15, 0.2) is 0 Å². The molecule has 0 radical (unpaired) electrons. The fraction of sp³-hybridized carbons (Fsp3) is 1.00. The minimum Gasteiger partial charge on any atom is -0.379 e. The molecule has 0 spiro atoms. The summed E-state index contributed by atoms with van der Waals surface area (Å²) in [6.45, 7) is 8.26. The van der Waals surface area contributed by atoms with Crippen molar-refractivity contribution in [3.05, 3.63) is 0 Å². The lowest BCUT2D eigenvalue weighted by Crippen LogP contribution is -2.42. The maximum Gasteiger partial charge on any atom is 0.0702 e. The molecule has 0 aromatic heterocycles. The molecule has 17 heavy (non-hydrogen) atoms. The zero-order valence-corrected chi connectivity index (χ0v) is 11.2. The van der Waals surface area contributed by atoms with E-state index in [4.69, 9.17) is 9.47 Å². The molecule has 2 rings (SSSR count). The van der Waals surface area contributed by atoms with E-state index in [1.807, 2.05) is 7.05 Å². The lowest BCUT2D eigenvalue weighted by molar-refractivity contribution is 0.0671. The zero-order valence-electron chi connectivity index (χ0n) is 11.2. The van der Waals surface area contributed by atoms with Crippen molar-refractivity contribution in [3.63, 3.8) is 0 Å². The van der Waals surface area contributed by atoms with Gasteiger partial charge in [-0.05, 0) is 26.4 Å². The van der Waals surface area contributed by atoms with E-state index in [0.29, 0.717) is 18.1 Å². The summed E-state index contributed by atoms with van der Waals surface area (Å²) in [5.74, 6) is 0.626. The van der Waals surface area contributed by atoms with Crippen molar-refractivity contribution < 1.29 is 9.47 Å². The second kappa shape index (κ2) is 6.69. The minimum atomic E-state index is 0.463. The lowest BCUT2D eigenvalue weighted by atomic mass is 10.0.